The lowest BCUT2D eigenvalue weighted by Crippen LogP contribution is -2.20. The number of nitrogens with one attached hydrogen (secondary N) is 2. The smallest absolute Gasteiger partial charge is 0.119 e. The van der Waals surface area contributed by atoms with E-state index in [9.17, 15) is 0 Å². The van der Waals surface area contributed by atoms with Crippen molar-refractivity contribution in [3.8, 4) is 5.75 Å². The second-order valence-corrected chi connectivity index (χ2v) is 3.38. The minimum atomic E-state index is 0.719. The number of hydrogen-bond donors (Lipinski definition) is 2. The van der Waals surface area contributed by atoms with Crippen LogP contribution in [0.1, 0.15) is 12.5 Å². The van der Waals surface area contributed by atoms with Crippen molar-refractivity contribution < 1.29 is 4.74 Å². The monoisotopic (exact) mass is 208 g/mol. The Hall–Kier alpha value is -1.06. The van der Waals surface area contributed by atoms with E-state index >= 15 is 0 Å². The first-order chi connectivity index (χ1) is 7.36. The normalized spacial score (nSPS) is 10.3. The molecule has 0 bridgehead atoms. The average molecular weight is 208 g/mol. The standard InChI is InChI=1S/C12H20N2O/c1-3-14-7-8-15-12-6-4-5-11(9-12)10-13-2/h4-6,9,13-14H,3,7-8,10H2,1-2H3. The summed E-state index contributed by atoms with van der Waals surface area (Å²) in [4.78, 5) is 0. The molecule has 2 N–H and O–H groups in total. The summed E-state index contributed by atoms with van der Waals surface area (Å²) < 4.78 is 5.60. The first kappa shape index (κ1) is 12.0. The van der Waals surface area contributed by atoms with E-state index in [0.717, 1.165) is 32.0 Å². The third-order valence-electron chi connectivity index (χ3n) is 2.08. The van der Waals surface area contributed by atoms with Crippen molar-refractivity contribution in [3.05, 3.63) is 29.8 Å². The van der Waals surface area contributed by atoms with Gasteiger partial charge >= 0.3 is 0 Å². The molecule has 0 aliphatic rings. The van der Waals surface area contributed by atoms with Gasteiger partial charge in [-0.05, 0) is 31.3 Å². The average Bonchev–Trinajstić information content (AvgIpc) is 2.26. The highest BCUT2D eigenvalue weighted by molar-refractivity contribution is 5.28. The number of hydrogen-bond acceptors (Lipinski definition) is 3. The van der Waals surface area contributed by atoms with Crippen LogP contribution >= 0.6 is 0 Å². The summed E-state index contributed by atoms with van der Waals surface area (Å²) in [6.07, 6.45) is 0. The van der Waals surface area contributed by atoms with Gasteiger partial charge in [0.05, 0.1) is 0 Å². The molecule has 0 saturated heterocycles. The van der Waals surface area contributed by atoms with Crippen molar-refractivity contribution in [1.29, 1.82) is 0 Å². The van der Waals surface area contributed by atoms with Crippen molar-refractivity contribution in [2.45, 2.75) is 13.5 Å². The molecule has 0 saturated carbocycles. The van der Waals surface area contributed by atoms with Gasteiger partial charge in [0.2, 0.25) is 0 Å². The Morgan fingerprint density at radius 3 is 2.93 bits per heavy atom. The second kappa shape index (κ2) is 7.26. The predicted molar refractivity (Wildman–Crippen MR) is 63.2 cm³/mol. The van der Waals surface area contributed by atoms with Crippen molar-refractivity contribution in [3.63, 3.8) is 0 Å². The van der Waals surface area contributed by atoms with Gasteiger partial charge in [-0.1, -0.05) is 19.1 Å². The van der Waals surface area contributed by atoms with Gasteiger partial charge in [0, 0.05) is 13.1 Å². The quantitative estimate of drug-likeness (QED) is 0.664. The van der Waals surface area contributed by atoms with Crippen LogP contribution in [0.25, 0.3) is 0 Å². The fourth-order valence-corrected chi connectivity index (χ4v) is 1.37. The topological polar surface area (TPSA) is 33.3 Å². The maximum atomic E-state index is 5.60. The summed E-state index contributed by atoms with van der Waals surface area (Å²) in [6, 6.07) is 8.18. The maximum Gasteiger partial charge on any atom is 0.119 e. The lowest BCUT2D eigenvalue weighted by atomic mass is 10.2. The Morgan fingerprint density at radius 1 is 1.33 bits per heavy atom. The molecule has 3 nitrogen and oxygen atoms in total. The molecule has 0 amide bonds. The Bertz CT molecular complexity index is 276. The van der Waals surface area contributed by atoms with E-state index in [-0.39, 0.29) is 0 Å². The van der Waals surface area contributed by atoms with E-state index in [0.29, 0.717) is 0 Å². The molecule has 0 aliphatic carbocycles. The number of rotatable bonds is 7. The van der Waals surface area contributed by atoms with Crippen LogP contribution in [0.3, 0.4) is 0 Å². The molecular formula is C12H20N2O. The summed E-state index contributed by atoms with van der Waals surface area (Å²) in [6.45, 7) is 5.57. The Balaban J connectivity index is 2.36. The zero-order chi connectivity index (χ0) is 10.9. The zero-order valence-electron chi connectivity index (χ0n) is 9.55. The lowest BCUT2D eigenvalue weighted by molar-refractivity contribution is 0.315. The summed E-state index contributed by atoms with van der Waals surface area (Å²) >= 11 is 0. The van der Waals surface area contributed by atoms with Gasteiger partial charge in [0.15, 0.2) is 0 Å². The van der Waals surface area contributed by atoms with Gasteiger partial charge in [0.1, 0.15) is 12.4 Å². The number of benzene rings is 1. The zero-order valence-corrected chi connectivity index (χ0v) is 9.55. The van der Waals surface area contributed by atoms with E-state index in [4.69, 9.17) is 4.74 Å². The molecule has 15 heavy (non-hydrogen) atoms. The molecule has 1 rings (SSSR count). The summed E-state index contributed by atoms with van der Waals surface area (Å²) in [5, 5.41) is 6.34. The van der Waals surface area contributed by atoms with Gasteiger partial charge in [0.25, 0.3) is 0 Å². The minimum Gasteiger partial charge on any atom is -0.492 e. The minimum absolute atomic E-state index is 0.719. The summed E-state index contributed by atoms with van der Waals surface area (Å²) in [7, 11) is 1.94. The fraction of sp³-hybridized carbons (Fsp3) is 0.500. The van der Waals surface area contributed by atoms with Crippen LogP contribution in [0, 0.1) is 0 Å². The van der Waals surface area contributed by atoms with E-state index in [1.165, 1.54) is 5.56 Å². The molecular weight excluding hydrogens is 188 g/mol. The third-order valence-corrected chi connectivity index (χ3v) is 2.08. The Labute approximate surface area is 91.8 Å². The van der Waals surface area contributed by atoms with E-state index in [1.54, 1.807) is 0 Å². The van der Waals surface area contributed by atoms with Crippen LogP contribution in [-0.4, -0.2) is 26.7 Å². The number of ether oxygens (including phenoxy) is 1. The van der Waals surface area contributed by atoms with Crippen LogP contribution in [0.2, 0.25) is 0 Å². The third kappa shape index (κ3) is 4.81. The molecule has 0 fully saturated rings. The van der Waals surface area contributed by atoms with Gasteiger partial charge in [-0.15, -0.1) is 0 Å². The molecule has 0 aromatic heterocycles. The molecule has 0 heterocycles. The first-order valence-corrected chi connectivity index (χ1v) is 5.44. The van der Waals surface area contributed by atoms with E-state index < -0.39 is 0 Å². The molecule has 1 aromatic carbocycles. The molecule has 0 unspecified atom stereocenters. The molecule has 1 aromatic rings. The molecule has 0 spiro atoms. The molecule has 3 heteroatoms. The van der Waals surface area contributed by atoms with Crippen LogP contribution in [0.15, 0.2) is 24.3 Å². The van der Waals surface area contributed by atoms with E-state index in [2.05, 4.69) is 29.7 Å². The van der Waals surface area contributed by atoms with E-state index in [1.807, 2.05) is 19.2 Å². The van der Waals surface area contributed by atoms with Crippen molar-refractivity contribution in [2.24, 2.45) is 0 Å². The lowest BCUT2D eigenvalue weighted by Gasteiger charge is -2.08. The van der Waals surface area contributed by atoms with Gasteiger partial charge < -0.3 is 15.4 Å². The maximum absolute atomic E-state index is 5.60. The molecule has 0 atom stereocenters. The summed E-state index contributed by atoms with van der Waals surface area (Å²) in [5.41, 5.74) is 1.25. The molecule has 84 valence electrons. The molecule has 0 aliphatic heterocycles. The number of likely N-dealkylation sites (N-methyl/N-ethyl adjacent to an activating group) is 1. The SMILES string of the molecule is CCNCCOc1cccc(CNC)c1. The highest BCUT2D eigenvalue weighted by Crippen LogP contribution is 2.12. The first-order valence-electron chi connectivity index (χ1n) is 5.44. The fourth-order valence-electron chi connectivity index (χ4n) is 1.37. The van der Waals surface area contributed by atoms with Crippen LogP contribution in [0.4, 0.5) is 0 Å². The van der Waals surface area contributed by atoms with Crippen molar-refractivity contribution in [1.82, 2.24) is 10.6 Å². The highest BCUT2D eigenvalue weighted by Gasteiger charge is 1.95. The Kier molecular flexibility index (Phi) is 5.81. The highest BCUT2D eigenvalue weighted by atomic mass is 16.5. The van der Waals surface area contributed by atoms with Gasteiger partial charge in [-0.2, -0.15) is 0 Å². The van der Waals surface area contributed by atoms with Crippen molar-refractivity contribution >= 4 is 0 Å². The summed E-state index contributed by atoms with van der Waals surface area (Å²) in [5.74, 6) is 0.945. The van der Waals surface area contributed by atoms with Crippen LogP contribution in [-0.2, 0) is 6.54 Å². The molecule has 0 radical (unpaired) electrons. The van der Waals surface area contributed by atoms with Gasteiger partial charge in [-0.25, -0.2) is 0 Å². The van der Waals surface area contributed by atoms with Crippen molar-refractivity contribution in [2.75, 3.05) is 26.7 Å². The predicted octanol–water partition coefficient (Wildman–Crippen LogP) is 1.39. The van der Waals surface area contributed by atoms with Crippen LogP contribution < -0.4 is 15.4 Å². The van der Waals surface area contributed by atoms with Gasteiger partial charge in [-0.3, -0.25) is 0 Å². The Morgan fingerprint density at radius 2 is 2.20 bits per heavy atom. The second-order valence-electron chi connectivity index (χ2n) is 3.38. The van der Waals surface area contributed by atoms with Crippen LogP contribution in [0.5, 0.6) is 5.75 Å². The largest absolute Gasteiger partial charge is 0.492 e.